The van der Waals surface area contributed by atoms with Gasteiger partial charge in [-0.1, -0.05) is 17.7 Å². The summed E-state index contributed by atoms with van der Waals surface area (Å²) in [7, 11) is -8.14. The molecule has 1 amide bonds. The molecule has 0 bridgehead atoms. The maximum atomic E-state index is 12.4. The lowest BCUT2D eigenvalue weighted by Crippen LogP contribution is -2.46. The molecule has 0 aliphatic rings. The summed E-state index contributed by atoms with van der Waals surface area (Å²) in [6.45, 7) is 3.69. The predicted octanol–water partition coefficient (Wildman–Crippen LogP) is 0.763. The number of rotatable bonds is 5. The van der Waals surface area contributed by atoms with Gasteiger partial charge < -0.3 is 4.90 Å². The molecule has 1 aromatic carbocycles. The first kappa shape index (κ1) is 17.6. The van der Waals surface area contributed by atoms with E-state index in [2.05, 4.69) is 0 Å². The van der Waals surface area contributed by atoms with Crippen LogP contribution in [0.1, 0.15) is 12.5 Å². The van der Waals surface area contributed by atoms with Crippen molar-refractivity contribution in [3.8, 4) is 0 Å². The van der Waals surface area contributed by atoms with Crippen LogP contribution in [-0.2, 0) is 24.5 Å². The molecule has 6 nitrogen and oxygen atoms in total. The molecule has 0 saturated carbocycles. The van der Waals surface area contributed by atoms with Crippen molar-refractivity contribution >= 4 is 31.3 Å². The standard InChI is InChI=1S/C13H19NO5S2/c1-5-14(11-8-6-10(2)7-9-11)12(15)13(20(3,16)17)21(4,18)19/h6-9,13H,5H2,1-4H3. The summed E-state index contributed by atoms with van der Waals surface area (Å²) in [5, 5.41) is 0. The Morgan fingerprint density at radius 2 is 1.48 bits per heavy atom. The molecule has 118 valence electrons. The van der Waals surface area contributed by atoms with Gasteiger partial charge in [0.25, 0.3) is 5.91 Å². The maximum Gasteiger partial charge on any atom is 0.260 e. The Hall–Kier alpha value is -1.41. The molecule has 0 radical (unpaired) electrons. The van der Waals surface area contributed by atoms with E-state index in [-0.39, 0.29) is 6.54 Å². The Balaban J connectivity index is 3.33. The highest BCUT2D eigenvalue weighted by Crippen LogP contribution is 2.19. The Kier molecular flexibility index (Phi) is 5.16. The molecule has 0 aromatic heterocycles. The van der Waals surface area contributed by atoms with Crippen LogP contribution in [0.2, 0.25) is 0 Å². The van der Waals surface area contributed by atoms with Crippen LogP contribution < -0.4 is 4.90 Å². The molecule has 0 saturated heterocycles. The van der Waals surface area contributed by atoms with Gasteiger partial charge in [-0.05, 0) is 26.0 Å². The van der Waals surface area contributed by atoms with Crippen LogP contribution >= 0.6 is 0 Å². The number of hydrogen-bond acceptors (Lipinski definition) is 5. The molecular formula is C13H19NO5S2. The normalized spacial score (nSPS) is 12.4. The number of carbonyl (C=O) groups excluding carboxylic acids is 1. The minimum Gasteiger partial charge on any atom is -0.311 e. The largest absolute Gasteiger partial charge is 0.311 e. The molecule has 0 N–H and O–H groups in total. The van der Waals surface area contributed by atoms with E-state index in [1.54, 1.807) is 31.2 Å². The summed E-state index contributed by atoms with van der Waals surface area (Å²) < 4.78 is 44.7. The lowest BCUT2D eigenvalue weighted by Gasteiger charge is -2.24. The zero-order valence-electron chi connectivity index (χ0n) is 12.4. The van der Waals surface area contributed by atoms with Gasteiger partial charge in [0.15, 0.2) is 19.7 Å². The lowest BCUT2D eigenvalue weighted by atomic mass is 10.2. The Morgan fingerprint density at radius 3 is 1.81 bits per heavy atom. The molecule has 0 atom stereocenters. The van der Waals surface area contributed by atoms with Gasteiger partial charge in [-0.3, -0.25) is 4.79 Å². The monoisotopic (exact) mass is 333 g/mol. The van der Waals surface area contributed by atoms with Crippen molar-refractivity contribution in [1.82, 2.24) is 0 Å². The van der Waals surface area contributed by atoms with Gasteiger partial charge in [0.05, 0.1) is 0 Å². The highest BCUT2D eigenvalue weighted by molar-refractivity contribution is 8.09. The second-order valence-electron chi connectivity index (χ2n) is 4.91. The van der Waals surface area contributed by atoms with Crippen molar-refractivity contribution in [3.05, 3.63) is 29.8 Å². The third-order valence-electron chi connectivity index (χ3n) is 2.91. The van der Waals surface area contributed by atoms with E-state index in [0.29, 0.717) is 5.69 Å². The molecule has 0 unspecified atom stereocenters. The summed E-state index contributed by atoms with van der Waals surface area (Å²) in [5.74, 6) is -0.952. The second-order valence-corrected chi connectivity index (χ2v) is 9.47. The van der Waals surface area contributed by atoms with E-state index >= 15 is 0 Å². The third-order valence-corrected chi connectivity index (χ3v) is 6.96. The van der Waals surface area contributed by atoms with E-state index in [1.165, 1.54) is 0 Å². The summed E-state index contributed by atoms with van der Waals surface area (Å²) in [4.78, 5) is 13.6. The van der Waals surface area contributed by atoms with Crippen molar-refractivity contribution in [2.75, 3.05) is 24.0 Å². The van der Waals surface area contributed by atoms with E-state index in [1.807, 2.05) is 6.92 Å². The molecule has 0 aliphatic heterocycles. The quantitative estimate of drug-likeness (QED) is 0.794. The maximum absolute atomic E-state index is 12.4. The molecule has 0 heterocycles. The molecule has 0 spiro atoms. The number of nitrogens with zero attached hydrogens (tertiary/aromatic N) is 1. The molecule has 1 aromatic rings. The summed E-state index contributed by atoms with van der Waals surface area (Å²) in [6.07, 6.45) is 1.50. The first-order valence-electron chi connectivity index (χ1n) is 6.24. The average Bonchev–Trinajstić information content (AvgIpc) is 2.28. The average molecular weight is 333 g/mol. The number of aryl methyl sites for hydroxylation is 1. The van der Waals surface area contributed by atoms with Gasteiger partial charge in [0, 0.05) is 24.7 Å². The number of amides is 1. The molecule has 0 fully saturated rings. The summed E-state index contributed by atoms with van der Waals surface area (Å²) in [6, 6.07) is 6.83. The fourth-order valence-electron chi connectivity index (χ4n) is 2.00. The minimum absolute atomic E-state index is 0.170. The van der Waals surface area contributed by atoms with Crippen LogP contribution in [0.25, 0.3) is 0 Å². The topological polar surface area (TPSA) is 88.6 Å². The highest BCUT2D eigenvalue weighted by Gasteiger charge is 2.41. The second kappa shape index (κ2) is 6.15. The first-order valence-corrected chi connectivity index (χ1v) is 10.1. The molecule has 0 aliphatic carbocycles. The van der Waals surface area contributed by atoms with Crippen LogP contribution in [-0.4, -0.2) is 46.4 Å². The predicted molar refractivity (Wildman–Crippen MR) is 82.7 cm³/mol. The van der Waals surface area contributed by atoms with Crippen LogP contribution in [0.4, 0.5) is 5.69 Å². The van der Waals surface area contributed by atoms with Gasteiger partial charge in [0.2, 0.25) is 4.58 Å². The highest BCUT2D eigenvalue weighted by atomic mass is 32.3. The fourth-order valence-corrected chi connectivity index (χ4v) is 5.53. The van der Waals surface area contributed by atoms with E-state index in [4.69, 9.17) is 0 Å². The minimum atomic E-state index is -4.07. The van der Waals surface area contributed by atoms with Crippen LogP contribution in [0, 0.1) is 6.92 Å². The molecule has 1 rings (SSSR count). The van der Waals surface area contributed by atoms with E-state index < -0.39 is 30.2 Å². The summed E-state index contributed by atoms with van der Waals surface area (Å²) in [5.41, 5.74) is 1.44. The van der Waals surface area contributed by atoms with Gasteiger partial charge in [-0.15, -0.1) is 0 Å². The van der Waals surface area contributed by atoms with Crippen molar-refractivity contribution in [3.63, 3.8) is 0 Å². The number of carbonyl (C=O) groups is 1. The number of hydrogen-bond donors (Lipinski definition) is 0. The van der Waals surface area contributed by atoms with Crippen LogP contribution in [0.5, 0.6) is 0 Å². The molecular weight excluding hydrogens is 314 g/mol. The summed E-state index contributed by atoms with van der Waals surface area (Å²) >= 11 is 0. The zero-order chi connectivity index (χ0) is 16.4. The van der Waals surface area contributed by atoms with Crippen molar-refractivity contribution in [2.45, 2.75) is 18.4 Å². The van der Waals surface area contributed by atoms with Crippen molar-refractivity contribution in [1.29, 1.82) is 0 Å². The van der Waals surface area contributed by atoms with Crippen LogP contribution in [0.15, 0.2) is 24.3 Å². The van der Waals surface area contributed by atoms with E-state index in [0.717, 1.165) is 23.0 Å². The molecule has 21 heavy (non-hydrogen) atoms. The number of benzene rings is 1. The van der Waals surface area contributed by atoms with Crippen molar-refractivity contribution < 1.29 is 21.6 Å². The van der Waals surface area contributed by atoms with Gasteiger partial charge in [-0.2, -0.15) is 0 Å². The third kappa shape index (κ3) is 4.28. The first-order chi connectivity index (χ1) is 9.48. The lowest BCUT2D eigenvalue weighted by molar-refractivity contribution is -0.116. The van der Waals surface area contributed by atoms with Crippen LogP contribution in [0.3, 0.4) is 0 Å². The number of sulfone groups is 2. The smallest absolute Gasteiger partial charge is 0.260 e. The number of anilines is 1. The van der Waals surface area contributed by atoms with Gasteiger partial charge in [0.1, 0.15) is 0 Å². The van der Waals surface area contributed by atoms with Gasteiger partial charge >= 0.3 is 0 Å². The zero-order valence-corrected chi connectivity index (χ0v) is 14.0. The molecule has 8 heteroatoms. The Labute approximate surface area is 125 Å². The Bertz CT molecular complexity index is 688. The Morgan fingerprint density at radius 1 is 1.05 bits per heavy atom. The van der Waals surface area contributed by atoms with Crippen molar-refractivity contribution in [2.24, 2.45) is 0 Å². The van der Waals surface area contributed by atoms with E-state index in [9.17, 15) is 21.6 Å². The van der Waals surface area contributed by atoms with Gasteiger partial charge in [-0.25, -0.2) is 16.8 Å². The SMILES string of the molecule is CCN(C(=O)C(S(C)(=O)=O)S(C)(=O)=O)c1ccc(C)cc1. The fraction of sp³-hybridized carbons (Fsp3) is 0.462.